The van der Waals surface area contributed by atoms with Crippen molar-refractivity contribution in [2.24, 2.45) is 5.92 Å². The van der Waals surface area contributed by atoms with Crippen LogP contribution in [0.4, 0.5) is 0 Å². The number of esters is 1. The zero-order chi connectivity index (χ0) is 20.4. The van der Waals surface area contributed by atoms with Gasteiger partial charge >= 0.3 is 5.97 Å². The Kier molecular flexibility index (Phi) is 5.94. The predicted octanol–water partition coefficient (Wildman–Crippen LogP) is 5.76. The van der Waals surface area contributed by atoms with Crippen LogP contribution in [-0.4, -0.2) is 29.2 Å². The van der Waals surface area contributed by atoms with E-state index in [4.69, 9.17) is 21.1 Å². The Morgan fingerprint density at radius 3 is 2.57 bits per heavy atom. The van der Waals surface area contributed by atoms with E-state index in [9.17, 15) is 4.79 Å². The van der Waals surface area contributed by atoms with Gasteiger partial charge in [-0.1, -0.05) is 31.5 Å². The van der Waals surface area contributed by atoms with Gasteiger partial charge in [0, 0.05) is 40.5 Å². The average molecular weight is 401 g/mol. The number of ether oxygens (including phenoxy) is 2. The molecule has 148 valence electrons. The molecule has 6 heteroatoms. The maximum Gasteiger partial charge on any atom is 0.337 e. The van der Waals surface area contributed by atoms with Gasteiger partial charge in [0.05, 0.1) is 19.3 Å². The van der Waals surface area contributed by atoms with Crippen molar-refractivity contribution in [3.05, 3.63) is 47.2 Å². The lowest BCUT2D eigenvalue weighted by atomic mass is 10.1. The molecule has 0 saturated heterocycles. The van der Waals surface area contributed by atoms with Crippen molar-refractivity contribution in [3.8, 4) is 17.0 Å². The van der Waals surface area contributed by atoms with E-state index < -0.39 is 0 Å². The summed E-state index contributed by atoms with van der Waals surface area (Å²) in [6, 6.07) is 7.67. The van der Waals surface area contributed by atoms with Gasteiger partial charge in [-0.05, 0) is 38.0 Å². The zero-order valence-corrected chi connectivity index (χ0v) is 17.6. The van der Waals surface area contributed by atoms with Gasteiger partial charge in [-0.3, -0.25) is 0 Å². The minimum absolute atomic E-state index is 0.223. The smallest absolute Gasteiger partial charge is 0.337 e. The molecule has 0 aliphatic carbocycles. The molecule has 0 aliphatic heterocycles. The quantitative estimate of drug-likeness (QED) is 0.493. The molecule has 2 aromatic heterocycles. The van der Waals surface area contributed by atoms with E-state index in [-0.39, 0.29) is 12.0 Å². The number of hydrogen-bond acceptors (Lipinski definition) is 4. The Hall–Kier alpha value is -2.53. The van der Waals surface area contributed by atoms with Crippen LogP contribution in [0.5, 0.6) is 5.88 Å². The summed E-state index contributed by atoms with van der Waals surface area (Å²) >= 11 is 6.41. The zero-order valence-electron chi connectivity index (χ0n) is 16.8. The van der Waals surface area contributed by atoms with Crippen molar-refractivity contribution < 1.29 is 14.3 Å². The topological polar surface area (TPSA) is 53.4 Å². The molecule has 28 heavy (non-hydrogen) atoms. The molecule has 0 bridgehead atoms. The number of carbonyl (C=O) groups excluding carboxylic acids is 1. The molecule has 0 aliphatic rings. The van der Waals surface area contributed by atoms with Gasteiger partial charge < -0.3 is 14.0 Å². The maximum absolute atomic E-state index is 11.9. The number of carbonyl (C=O) groups is 1. The fraction of sp³-hybridized carbons (Fsp3) is 0.364. The molecule has 0 spiro atoms. The van der Waals surface area contributed by atoms with E-state index in [2.05, 4.69) is 43.4 Å². The Labute approximate surface area is 170 Å². The summed E-state index contributed by atoms with van der Waals surface area (Å²) < 4.78 is 12.7. The van der Waals surface area contributed by atoms with Crippen molar-refractivity contribution >= 4 is 28.5 Å². The summed E-state index contributed by atoms with van der Waals surface area (Å²) in [5.74, 6) is 0.488. The number of methoxy groups -OCH3 is 1. The molecule has 1 aromatic carbocycles. The highest BCUT2D eigenvalue weighted by molar-refractivity contribution is 6.32. The molecular weight excluding hydrogens is 376 g/mol. The first-order valence-electron chi connectivity index (χ1n) is 9.33. The van der Waals surface area contributed by atoms with Gasteiger partial charge in [-0.2, -0.15) is 0 Å². The Bertz CT molecular complexity index is 1010. The van der Waals surface area contributed by atoms with Crippen LogP contribution < -0.4 is 4.74 Å². The van der Waals surface area contributed by atoms with Gasteiger partial charge in [0.25, 0.3) is 0 Å². The lowest BCUT2D eigenvalue weighted by Gasteiger charge is -2.10. The number of pyridine rings is 1. The third kappa shape index (κ3) is 3.99. The van der Waals surface area contributed by atoms with E-state index in [1.807, 2.05) is 18.2 Å². The first kappa shape index (κ1) is 20.2. The number of hydrogen-bond donors (Lipinski definition) is 0. The molecule has 3 rings (SSSR count). The molecule has 0 radical (unpaired) electrons. The van der Waals surface area contributed by atoms with Gasteiger partial charge in [0.1, 0.15) is 5.02 Å². The van der Waals surface area contributed by atoms with E-state index in [0.717, 1.165) is 22.0 Å². The fourth-order valence-electron chi connectivity index (χ4n) is 3.08. The van der Waals surface area contributed by atoms with Crippen LogP contribution in [-0.2, 0) is 4.74 Å². The number of fused-ring (bicyclic) bond motifs is 1. The number of rotatable bonds is 6. The van der Waals surface area contributed by atoms with E-state index >= 15 is 0 Å². The Morgan fingerprint density at radius 2 is 1.96 bits per heavy atom. The predicted molar refractivity (Wildman–Crippen MR) is 112 cm³/mol. The van der Waals surface area contributed by atoms with Crippen molar-refractivity contribution in [2.45, 2.75) is 33.7 Å². The van der Waals surface area contributed by atoms with Gasteiger partial charge in [0.15, 0.2) is 0 Å². The summed E-state index contributed by atoms with van der Waals surface area (Å²) in [6.07, 6.45) is 3.84. The van der Waals surface area contributed by atoms with Gasteiger partial charge in [-0.25, -0.2) is 9.78 Å². The summed E-state index contributed by atoms with van der Waals surface area (Å²) in [4.78, 5) is 16.3. The van der Waals surface area contributed by atoms with Crippen LogP contribution in [0.1, 0.15) is 44.1 Å². The van der Waals surface area contributed by atoms with Crippen molar-refractivity contribution in [3.63, 3.8) is 0 Å². The average Bonchev–Trinajstić information content (AvgIpc) is 3.05. The molecule has 3 aromatic rings. The second-order valence-corrected chi connectivity index (χ2v) is 7.89. The summed E-state index contributed by atoms with van der Waals surface area (Å²) in [6.45, 7) is 8.91. The molecule has 2 heterocycles. The maximum atomic E-state index is 11.9. The lowest BCUT2D eigenvalue weighted by Crippen LogP contribution is -2.06. The second kappa shape index (κ2) is 8.23. The number of nitrogens with zero attached hydrogens (tertiary/aromatic N) is 2. The molecule has 0 unspecified atom stereocenters. The SMILES string of the molecule is COC(=O)c1ccc2c(-c3cnc(OCC(C)C)c(Cl)c3)cn(C(C)C)c2c1. The number of aromatic nitrogens is 2. The first-order valence-corrected chi connectivity index (χ1v) is 9.71. The molecule has 5 nitrogen and oxygen atoms in total. The molecular formula is C22H25ClN2O3. The summed E-state index contributed by atoms with van der Waals surface area (Å²) in [5.41, 5.74) is 3.39. The van der Waals surface area contributed by atoms with Crippen molar-refractivity contribution in [2.75, 3.05) is 13.7 Å². The molecule has 0 saturated carbocycles. The van der Waals surface area contributed by atoms with Crippen LogP contribution in [0.15, 0.2) is 36.7 Å². The van der Waals surface area contributed by atoms with Crippen LogP contribution in [0.3, 0.4) is 0 Å². The lowest BCUT2D eigenvalue weighted by molar-refractivity contribution is 0.0601. The third-order valence-electron chi connectivity index (χ3n) is 4.48. The van der Waals surface area contributed by atoms with Crippen molar-refractivity contribution in [1.29, 1.82) is 0 Å². The molecule has 0 atom stereocenters. The minimum Gasteiger partial charge on any atom is -0.476 e. The van der Waals surface area contributed by atoms with Crippen LogP contribution >= 0.6 is 11.6 Å². The van der Waals surface area contributed by atoms with Gasteiger partial charge in [-0.15, -0.1) is 0 Å². The van der Waals surface area contributed by atoms with Crippen LogP contribution in [0.25, 0.3) is 22.0 Å². The van der Waals surface area contributed by atoms with E-state index in [1.165, 1.54) is 7.11 Å². The Balaban J connectivity index is 2.08. The highest BCUT2D eigenvalue weighted by atomic mass is 35.5. The fourth-order valence-corrected chi connectivity index (χ4v) is 3.30. The van der Waals surface area contributed by atoms with Crippen LogP contribution in [0.2, 0.25) is 5.02 Å². The summed E-state index contributed by atoms with van der Waals surface area (Å²) in [7, 11) is 1.38. The third-order valence-corrected chi connectivity index (χ3v) is 4.75. The van der Waals surface area contributed by atoms with E-state index in [0.29, 0.717) is 29.0 Å². The van der Waals surface area contributed by atoms with Crippen molar-refractivity contribution in [1.82, 2.24) is 9.55 Å². The highest BCUT2D eigenvalue weighted by Gasteiger charge is 2.17. The first-order chi connectivity index (χ1) is 13.3. The van der Waals surface area contributed by atoms with Gasteiger partial charge in [0.2, 0.25) is 5.88 Å². The van der Waals surface area contributed by atoms with E-state index in [1.54, 1.807) is 12.3 Å². The highest BCUT2D eigenvalue weighted by Crippen LogP contribution is 2.35. The standard InChI is InChI=1S/C22H25ClN2O3/c1-13(2)12-28-21-19(23)8-16(10-24-21)18-11-25(14(3)4)20-9-15(22(26)27-5)6-7-17(18)20/h6-11,13-14H,12H2,1-5H3. The Morgan fingerprint density at radius 1 is 1.21 bits per heavy atom. The largest absolute Gasteiger partial charge is 0.476 e. The van der Waals surface area contributed by atoms with Crippen LogP contribution in [0, 0.1) is 5.92 Å². The second-order valence-electron chi connectivity index (χ2n) is 7.48. The number of benzene rings is 1. The molecule has 0 amide bonds. The number of halogens is 1. The summed E-state index contributed by atoms with van der Waals surface area (Å²) in [5, 5.41) is 1.50. The molecule has 0 fully saturated rings. The minimum atomic E-state index is -0.351. The molecule has 0 N–H and O–H groups in total. The monoisotopic (exact) mass is 400 g/mol. The normalized spacial score (nSPS) is 11.4.